The summed E-state index contributed by atoms with van der Waals surface area (Å²) >= 11 is 1.44. The van der Waals surface area contributed by atoms with Gasteiger partial charge in [0.2, 0.25) is 0 Å². The number of nitrogens with zero attached hydrogens (tertiary/aromatic N) is 3. The quantitative estimate of drug-likeness (QED) is 0.368. The molecular weight excluding hydrogens is 469 g/mol. The normalized spacial score (nSPS) is 12.5. The van der Waals surface area contributed by atoms with Crippen molar-refractivity contribution in [2.24, 2.45) is 0 Å². The highest BCUT2D eigenvalue weighted by Crippen LogP contribution is 2.34. The monoisotopic (exact) mass is 488 g/mol. The first-order chi connectivity index (χ1) is 16.2. The van der Waals surface area contributed by atoms with Gasteiger partial charge in [-0.15, -0.1) is 11.3 Å². The van der Waals surface area contributed by atoms with Gasteiger partial charge in [-0.25, -0.2) is 14.5 Å². The number of fused-ring (bicyclic) bond motifs is 1. The van der Waals surface area contributed by atoms with Crippen LogP contribution in [0.15, 0.2) is 54.0 Å². The lowest BCUT2D eigenvalue weighted by atomic mass is 10.1. The van der Waals surface area contributed by atoms with Crippen LogP contribution in [-0.4, -0.2) is 32.7 Å². The number of thiophene rings is 1. The molecule has 0 bridgehead atoms. The molecule has 4 rings (SSSR count). The van der Waals surface area contributed by atoms with Crippen molar-refractivity contribution in [3.63, 3.8) is 0 Å². The van der Waals surface area contributed by atoms with Crippen LogP contribution in [0.1, 0.15) is 29.8 Å². The molecule has 1 N–H and O–H groups in total. The van der Waals surface area contributed by atoms with E-state index in [0.29, 0.717) is 23.3 Å². The molecule has 176 valence electrons. The lowest BCUT2D eigenvalue weighted by molar-refractivity contribution is -0.137. The summed E-state index contributed by atoms with van der Waals surface area (Å²) in [5.41, 5.74) is -0.232. The highest BCUT2D eigenvalue weighted by Gasteiger charge is 2.34. The van der Waals surface area contributed by atoms with Gasteiger partial charge in [-0.3, -0.25) is 4.79 Å². The van der Waals surface area contributed by atoms with Gasteiger partial charge in [0.1, 0.15) is 0 Å². The molecule has 3 aromatic heterocycles. The number of esters is 1. The van der Waals surface area contributed by atoms with Gasteiger partial charge in [-0.2, -0.15) is 18.3 Å². The number of anilines is 1. The number of amides is 1. The molecule has 0 aliphatic heterocycles. The minimum absolute atomic E-state index is 0.156. The second-order valence-electron chi connectivity index (χ2n) is 7.31. The number of carbonyl (C=O) groups is 2. The van der Waals surface area contributed by atoms with Gasteiger partial charge in [-0.1, -0.05) is 18.2 Å². The summed E-state index contributed by atoms with van der Waals surface area (Å²) in [6.07, 6.45) is -4.52. The average Bonchev–Trinajstić information content (AvgIpc) is 3.48. The molecule has 7 nitrogen and oxygen atoms in total. The van der Waals surface area contributed by atoms with Gasteiger partial charge in [0.15, 0.2) is 11.8 Å². The fourth-order valence-electron chi connectivity index (χ4n) is 3.35. The predicted octanol–water partition coefficient (Wildman–Crippen LogP) is 5.38. The van der Waals surface area contributed by atoms with Gasteiger partial charge >= 0.3 is 12.1 Å². The first-order valence-corrected chi connectivity index (χ1v) is 11.2. The van der Waals surface area contributed by atoms with Crippen molar-refractivity contribution < 1.29 is 27.5 Å². The number of alkyl halides is 3. The third kappa shape index (κ3) is 4.65. The van der Waals surface area contributed by atoms with E-state index in [1.807, 2.05) is 24.4 Å². The Bertz CT molecular complexity index is 1350. The van der Waals surface area contributed by atoms with Crippen molar-refractivity contribution in [3.05, 3.63) is 65.2 Å². The van der Waals surface area contributed by atoms with Crippen molar-refractivity contribution in [2.45, 2.75) is 32.7 Å². The zero-order chi connectivity index (χ0) is 24.5. The lowest BCUT2D eigenvalue weighted by Gasteiger charge is -2.17. The first-order valence-electron chi connectivity index (χ1n) is 10.3. The van der Waals surface area contributed by atoms with Gasteiger partial charge in [0, 0.05) is 6.54 Å². The number of nitrogens with one attached hydrogen (secondary N) is 1. The number of hydrogen-bond donors (Lipinski definition) is 1. The minimum atomic E-state index is -4.65. The number of hydrogen-bond acceptors (Lipinski definition) is 6. The van der Waals surface area contributed by atoms with E-state index in [1.165, 1.54) is 36.6 Å². The summed E-state index contributed by atoms with van der Waals surface area (Å²) in [6.45, 7) is 3.70. The van der Waals surface area contributed by atoms with E-state index in [9.17, 15) is 22.8 Å². The summed E-state index contributed by atoms with van der Waals surface area (Å²) in [5.74, 6) is -1.70. The summed E-state index contributed by atoms with van der Waals surface area (Å²) in [6, 6.07) is 9.85. The second kappa shape index (κ2) is 9.26. The van der Waals surface area contributed by atoms with E-state index in [2.05, 4.69) is 15.4 Å². The molecule has 1 unspecified atom stereocenters. The molecule has 1 atom stereocenters. The molecule has 1 amide bonds. The van der Waals surface area contributed by atoms with E-state index in [4.69, 9.17) is 4.74 Å². The first kappa shape index (κ1) is 23.4. The Hall–Kier alpha value is -3.73. The number of carbonyl (C=O) groups excluding carboxylic acids is 2. The summed E-state index contributed by atoms with van der Waals surface area (Å²) < 4.78 is 46.6. The van der Waals surface area contributed by atoms with E-state index in [0.717, 1.165) is 17.0 Å². The maximum Gasteiger partial charge on any atom is 0.418 e. The number of rotatable bonds is 6. The van der Waals surface area contributed by atoms with E-state index in [-0.39, 0.29) is 5.56 Å². The SMILES string of the molecule is CCn1ncc2c(C(=O)OC(C)C(=O)Nc3ccccc3C(F)(F)F)cc(-c3cccs3)nc21. The Morgan fingerprint density at radius 1 is 1.21 bits per heavy atom. The van der Waals surface area contributed by atoms with Crippen LogP contribution in [0.5, 0.6) is 0 Å². The van der Waals surface area contributed by atoms with Crippen molar-refractivity contribution in [1.82, 2.24) is 14.8 Å². The average molecular weight is 488 g/mol. The van der Waals surface area contributed by atoms with Crippen LogP contribution in [0.2, 0.25) is 0 Å². The maximum atomic E-state index is 13.2. The lowest BCUT2D eigenvalue weighted by Crippen LogP contribution is -2.30. The summed E-state index contributed by atoms with van der Waals surface area (Å²) in [5, 5.41) is 8.76. The van der Waals surface area contributed by atoms with Crippen molar-refractivity contribution in [3.8, 4) is 10.6 Å². The zero-order valence-electron chi connectivity index (χ0n) is 18.1. The van der Waals surface area contributed by atoms with E-state index < -0.39 is 35.4 Å². The molecule has 0 aliphatic carbocycles. The third-order valence-corrected chi connectivity index (χ3v) is 5.94. The topological polar surface area (TPSA) is 86.1 Å². The molecule has 11 heteroatoms. The van der Waals surface area contributed by atoms with Gasteiger partial charge in [-0.05, 0) is 43.5 Å². The Kier molecular flexibility index (Phi) is 6.38. The molecule has 0 spiro atoms. The predicted molar refractivity (Wildman–Crippen MR) is 121 cm³/mol. The highest BCUT2D eigenvalue weighted by atomic mass is 32.1. The molecule has 4 aromatic rings. The van der Waals surface area contributed by atoms with Crippen LogP contribution in [0.3, 0.4) is 0 Å². The number of benzene rings is 1. The highest BCUT2D eigenvalue weighted by molar-refractivity contribution is 7.13. The van der Waals surface area contributed by atoms with E-state index >= 15 is 0 Å². The number of para-hydroxylation sites is 1. The second-order valence-corrected chi connectivity index (χ2v) is 8.26. The standard InChI is InChI=1S/C23H19F3N4O3S/c1-3-30-20-15(12-27-30)14(11-18(28-20)19-9-6-10-34-19)22(32)33-13(2)21(31)29-17-8-5-4-7-16(17)23(24,25)26/h4-13H,3H2,1-2H3,(H,29,31). The Morgan fingerprint density at radius 3 is 2.65 bits per heavy atom. The van der Waals surface area contributed by atoms with E-state index in [1.54, 1.807) is 10.7 Å². The number of aromatic nitrogens is 3. The summed E-state index contributed by atoms with van der Waals surface area (Å²) in [7, 11) is 0. The van der Waals surface area contributed by atoms with Crippen LogP contribution < -0.4 is 5.32 Å². The Labute approximate surface area is 196 Å². The van der Waals surface area contributed by atoms with Crippen LogP contribution in [0.25, 0.3) is 21.6 Å². The fourth-order valence-corrected chi connectivity index (χ4v) is 4.04. The minimum Gasteiger partial charge on any atom is -0.449 e. The molecule has 1 aromatic carbocycles. The third-order valence-electron chi connectivity index (χ3n) is 5.05. The molecular formula is C23H19F3N4O3S. The van der Waals surface area contributed by atoms with Crippen molar-refractivity contribution >= 4 is 39.9 Å². The smallest absolute Gasteiger partial charge is 0.418 e. The number of ether oxygens (including phenoxy) is 1. The van der Waals surface area contributed by atoms with Gasteiger partial charge in [0.05, 0.1) is 39.0 Å². The van der Waals surface area contributed by atoms with Crippen LogP contribution >= 0.6 is 11.3 Å². The Balaban J connectivity index is 1.60. The number of halogens is 3. The molecule has 0 saturated carbocycles. The molecule has 0 fully saturated rings. The molecule has 3 heterocycles. The molecule has 0 aliphatic rings. The molecule has 0 radical (unpaired) electrons. The largest absolute Gasteiger partial charge is 0.449 e. The summed E-state index contributed by atoms with van der Waals surface area (Å²) in [4.78, 5) is 31.0. The Morgan fingerprint density at radius 2 is 1.97 bits per heavy atom. The zero-order valence-corrected chi connectivity index (χ0v) is 18.9. The van der Waals surface area contributed by atoms with Gasteiger partial charge < -0.3 is 10.1 Å². The molecule has 0 saturated heterocycles. The van der Waals surface area contributed by atoms with Gasteiger partial charge in [0.25, 0.3) is 5.91 Å². The molecule has 34 heavy (non-hydrogen) atoms. The van der Waals surface area contributed by atoms with Crippen molar-refractivity contribution in [1.29, 1.82) is 0 Å². The number of pyridine rings is 1. The number of aryl methyl sites for hydroxylation is 1. The fraction of sp³-hybridized carbons (Fsp3) is 0.217. The maximum absolute atomic E-state index is 13.2. The van der Waals surface area contributed by atoms with Crippen LogP contribution in [-0.2, 0) is 22.3 Å². The van der Waals surface area contributed by atoms with Crippen LogP contribution in [0.4, 0.5) is 18.9 Å². The van der Waals surface area contributed by atoms with Crippen molar-refractivity contribution in [2.75, 3.05) is 5.32 Å². The van der Waals surface area contributed by atoms with Crippen LogP contribution in [0, 0.1) is 0 Å².